The number of halogens is 1. The SMILES string of the molecule is Cc1cc(F)cc(-c2cccc3[nH]c(-c4n[nH]c5ccc(-c6cncc(NC(=O)CC7CCCCC7)c6)nc45)nc23)c1. The average molecular weight is 560 g/mol. The lowest BCUT2D eigenvalue weighted by atomic mass is 9.87. The van der Waals surface area contributed by atoms with Crippen molar-refractivity contribution in [2.75, 3.05) is 5.32 Å². The maximum atomic E-state index is 14.2. The molecule has 0 aliphatic heterocycles. The number of carbonyl (C=O) groups excluding carboxylic acids is 1. The Hall–Kier alpha value is -4.92. The summed E-state index contributed by atoms with van der Waals surface area (Å²) in [6.07, 6.45) is 9.88. The molecular formula is C33H30FN7O. The minimum Gasteiger partial charge on any atom is -0.336 e. The molecule has 0 bridgehead atoms. The summed E-state index contributed by atoms with van der Waals surface area (Å²) in [7, 11) is 0. The van der Waals surface area contributed by atoms with Gasteiger partial charge in [-0.3, -0.25) is 14.9 Å². The van der Waals surface area contributed by atoms with E-state index in [-0.39, 0.29) is 11.7 Å². The van der Waals surface area contributed by atoms with Crippen LogP contribution in [-0.2, 0) is 4.79 Å². The second kappa shape index (κ2) is 10.8. The highest BCUT2D eigenvalue weighted by Gasteiger charge is 2.19. The zero-order chi connectivity index (χ0) is 28.6. The number of H-pyrrole nitrogens is 2. The van der Waals surface area contributed by atoms with Crippen molar-refractivity contribution in [3.8, 4) is 33.9 Å². The molecule has 3 N–H and O–H groups in total. The number of nitrogens with zero attached hydrogens (tertiary/aromatic N) is 4. The Morgan fingerprint density at radius 1 is 0.952 bits per heavy atom. The highest BCUT2D eigenvalue weighted by Crippen LogP contribution is 2.33. The van der Waals surface area contributed by atoms with E-state index >= 15 is 0 Å². The van der Waals surface area contributed by atoms with Gasteiger partial charge in [-0.05, 0) is 73.2 Å². The first-order valence-electron chi connectivity index (χ1n) is 14.4. The van der Waals surface area contributed by atoms with Crippen LogP contribution in [0.1, 0.15) is 44.1 Å². The van der Waals surface area contributed by atoms with Crippen LogP contribution in [-0.4, -0.2) is 36.0 Å². The second-order valence-corrected chi connectivity index (χ2v) is 11.2. The Morgan fingerprint density at radius 3 is 2.69 bits per heavy atom. The third-order valence-corrected chi connectivity index (χ3v) is 8.01. The Balaban J connectivity index is 1.20. The number of carbonyl (C=O) groups is 1. The summed E-state index contributed by atoms with van der Waals surface area (Å²) in [6.45, 7) is 1.87. The van der Waals surface area contributed by atoms with Crippen LogP contribution < -0.4 is 5.32 Å². The molecule has 1 aliphatic carbocycles. The highest BCUT2D eigenvalue weighted by molar-refractivity contribution is 5.96. The van der Waals surface area contributed by atoms with E-state index in [2.05, 4.69) is 25.5 Å². The highest BCUT2D eigenvalue weighted by atomic mass is 19.1. The molecular weight excluding hydrogens is 529 g/mol. The topological polar surface area (TPSA) is 112 Å². The summed E-state index contributed by atoms with van der Waals surface area (Å²) >= 11 is 0. The van der Waals surface area contributed by atoms with Crippen molar-refractivity contribution in [2.24, 2.45) is 5.92 Å². The molecule has 1 fully saturated rings. The number of nitrogens with one attached hydrogen (secondary N) is 3. The number of hydrogen-bond acceptors (Lipinski definition) is 5. The Morgan fingerprint density at radius 2 is 1.83 bits per heavy atom. The number of benzene rings is 2. The molecule has 6 aromatic rings. The Kier molecular flexibility index (Phi) is 6.70. The summed E-state index contributed by atoms with van der Waals surface area (Å²) in [6, 6.07) is 16.5. The zero-order valence-corrected chi connectivity index (χ0v) is 23.2. The number of amides is 1. The largest absolute Gasteiger partial charge is 0.336 e. The number of anilines is 1. The average Bonchev–Trinajstić information content (AvgIpc) is 3.61. The van der Waals surface area contributed by atoms with E-state index in [0.717, 1.165) is 51.6 Å². The lowest BCUT2D eigenvalue weighted by molar-refractivity contribution is -0.117. The van der Waals surface area contributed by atoms with Gasteiger partial charge in [-0.2, -0.15) is 5.10 Å². The Labute approximate surface area is 241 Å². The first-order chi connectivity index (χ1) is 20.5. The molecule has 4 aromatic heterocycles. The van der Waals surface area contributed by atoms with E-state index in [1.54, 1.807) is 12.4 Å². The van der Waals surface area contributed by atoms with Gasteiger partial charge in [-0.25, -0.2) is 14.4 Å². The minimum absolute atomic E-state index is 0.0269. The third kappa shape index (κ3) is 5.13. The molecule has 1 saturated carbocycles. The van der Waals surface area contributed by atoms with Gasteiger partial charge < -0.3 is 10.3 Å². The van der Waals surface area contributed by atoms with Gasteiger partial charge in [-0.1, -0.05) is 37.5 Å². The molecule has 1 aliphatic rings. The molecule has 1 amide bonds. The fourth-order valence-corrected chi connectivity index (χ4v) is 6.01. The van der Waals surface area contributed by atoms with Gasteiger partial charge in [-0.15, -0.1) is 0 Å². The number of imidazole rings is 1. The quantitative estimate of drug-likeness (QED) is 0.195. The first-order valence-corrected chi connectivity index (χ1v) is 14.4. The number of para-hydroxylation sites is 1. The van der Waals surface area contributed by atoms with Crippen molar-refractivity contribution in [2.45, 2.75) is 45.4 Å². The van der Waals surface area contributed by atoms with E-state index < -0.39 is 0 Å². The molecule has 4 heterocycles. The summed E-state index contributed by atoms with van der Waals surface area (Å²) < 4.78 is 14.2. The number of pyridine rings is 2. The van der Waals surface area contributed by atoms with Gasteiger partial charge >= 0.3 is 0 Å². The van der Waals surface area contributed by atoms with Crippen LogP contribution in [0, 0.1) is 18.7 Å². The van der Waals surface area contributed by atoms with Crippen LogP contribution in [0.5, 0.6) is 0 Å². The van der Waals surface area contributed by atoms with Gasteiger partial charge in [0.1, 0.15) is 11.3 Å². The smallest absolute Gasteiger partial charge is 0.224 e. The summed E-state index contributed by atoms with van der Waals surface area (Å²) in [5.74, 6) is 0.767. The normalized spacial score (nSPS) is 14.0. The molecule has 9 heteroatoms. The van der Waals surface area contributed by atoms with Crippen LogP contribution in [0.2, 0.25) is 0 Å². The second-order valence-electron chi connectivity index (χ2n) is 11.2. The maximum Gasteiger partial charge on any atom is 0.224 e. The number of aromatic amines is 2. The van der Waals surface area contributed by atoms with Crippen LogP contribution in [0.4, 0.5) is 10.1 Å². The van der Waals surface area contributed by atoms with E-state index in [0.29, 0.717) is 40.8 Å². The first kappa shape index (κ1) is 26.0. The number of aromatic nitrogens is 6. The summed E-state index contributed by atoms with van der Waals surface area (Å²) in [5.41, 5.74) is 8.12. The van der Waals surface area contributed by atoms with Gasteiger partial charge in [0, 0.05) is 23.7 Å². The van der Waals surface area contributed by atoms with Gasteiger partial charge in [0.05, 0.1) is 34.1 Å². The van der Waals surface area contributed by atoms with Gasteiger partial charge in [0.15, 0.2) is 11.5 Å². The molecule has 7 rings (SSSR count). The fourth-order valence-electron chi connectivity index (χ4n) is 6.01. The molecule has 0 spiro atoms. The third-order valence-electron chi connectivity index (χ3n) is 8.01. The lowest BCUT2D eigenvalue weighted by Gasteiger charge is -2.20. The minimum atomic E-state index is -0.282. The molecule has 210 valence electrons. The molecule has 8 nitrogen and oxygen atoms in total. The summed E-state index contributed by atoms with van der Waals surface area (Å²) in [4.78, 5) is 30.2. The van der Waals surface area contributed by atoms with Gasteiger partial charge in [0.25, 0.3) is 0 Å². The van der Waals surface area contributed by atoms with Crippen molar-refractivity contribution in [3.63, 3.8) is 0 Å². The summed E-state index contributed by atoms with van der Waals surface area (Å²) in [5, 5.41) is 10.6. The monoisotopic (exact) mass is 559 g/mol. The molecule has 0 saturated heterocycles. The molecule has 0 atom stereocenters. The standard InChI is InChI=1S/C33H30FN7O/c1-19-12-21(15-23(34)13-19)25-8-5-9-27-30(25)39-33(38-27)32-31-28(40-41-32)11-10-26(37-31)22-16-24(18-35-17-22)36-29(42)14-20-6-3-2-4-7-20/h5,8-13,15-18,20H,2-4,6-7,14H2,1H3,(H,36,42)(H,38,39)(H,40,41). The van der Waals surface area contributed by atoms with E-state index in [1.165, 1.54) is 31.4 Å². The lowest BCUT2D eigenvalue weighted by Crippen LogP contribution is -2.18. The van der Waals surface area contributed by atoms with Crippen molar-refractivity contribution < 1.29 is 9.18 Å². The maximum absolute atomic E-state index is 14.2. The van der Waals surface area contributed by atoms with Crippen molar-refractivity contribution in [3.05, 3.63) is 78.4 Å². The van der Waals surface area contributed by atoms with Crippen molar-refractivity contribution >= 4 is 33.7 Å². The van der Waals surface area contributed by atoms with Gasteiger partial charge in [0.2, 0.25) is 5.91 Å². The zero-order valence-electron chi connectivity index (χ0n) is 23.2. The number of fused-ring (bicyclic) bond motifs is 2. The van der Waals surface area contributed by atoms with Crippen molar-refractivity contribution in [1.29, 1.82) is 0 Å². The fraction of sp³-hybridized carbons (Fsp3) is 0.242. The molecule has 0 unspecified atom stereocenters. The molecule has 42 heavy (non-hydrogen) atoms. The predicted octanol–water partition coefficient (Wildman–Crippen LogP) is 7.59. The number of aryl methyl sites for hydroxylation is 1. The number of hydrogen-bond donors (Lipinski definition) is 3. The van der Waals surface area contributed by atoms with Crippen LogP contribution in [0.25, 0.3) is 56.0 Å². The van der Waals surface area contributed by atoms with Crippen molar-refractivity contribution in [1.82, 2.24) is 30.1 Å². The molecule has 2 aromatic carbocycles. The predicted molar refractivity (Wildman–Crippen MR) is 162 cm³/mol. The van der Waals surface area contributed by atoms with E-state index in [1.807, 2.05) is 49.4 Å². The Bertz CT molecular complexity index is 1920. The molecule has 0 radical (unpaired) electrons. The van der Waals surface area contributed by atoms with Crippen LogP contribution in [0.3, 0.4) is 0 Å². The van der Waals surface area contributed by atoms with Crippen LogP contribution >= 0.6 is 0 Å². The van der Waals surface area contributed by atoms with E-state index in [4.69, 9.17) is 9.97 Å². The number of rotatable bonds is 6. The van der Waals surface area contributed by atoms with E-state index in [9.17, 15) is 9.18 Å². The van der Waals surface area contributed by atoms with Crippen LogP contribution in [0.15, 0.2) is 67.0 Å².